The number of carbonyl (C=O) groups excluding carboxylic acids is 3. The molecule has 0 bridgehead atoms. The third-order valence-electron chi connectivity index (χ3n) is 2.06. The number of rotatable bonds is 7. The number of carbonyl (C=O) groups is 3. The molecule has 18 heavy (non-hydrogen) atoms. The Labute approximate surface area is 114 Å². The topological polar surface area (TPSA) is 75.3 Å². The summed E-state index contributed by atoms with van der Waals surface area (Å²) in [6.07, 6.45) is 2.12. The smallest absolute Gasteiger partial charge is 0.275 e. The molecule has 5 nitrogen and oxygen atoms in total. The first-order valence-electron chi connectivity index (χ1n) is 6.18. The van der Waals surface area contributed by atoms with Crippen molar-refractivity contribution in [3.63, 3.8) is 0 Å². The molecule has 0 aromatic heterocycles. The number of thiol groups is 1. The van der Waals surface area contributed by atoms with E-state index in [9.17, 15) is 14.4 Å². The highest BCUT2D eigenvalue weighted by Gasteiger charge is 2.14. The van der Waals surface area contributed by atoms with Gasteiger partial charge in [0.2, 0.25) is 5.91 Å². The van der Waals surface area contributed by atoms with Gasteiger partial charge in [-0.25, -0.2) is 0 Å². The lowest BCUT2D eigenvalue weighted by molar-refractivity contribution is -0.125. The third-order valence-corrected chi connectivity index (χ3v) is 2.22. The summed E-state index contributed by atoms with van der Waals surface area (Å²) in [6, 6.07) is -0.413. The first-order chi connectivity index (χ1) is 8.43. The van der Waals surface area contributed by atoms with Gasteiger partial charge in [0.25, 0.3) is 5.24 Å². The fourth-order valence-electron chi connectivity index (χ4n) is 1.29. The van der Waals surface area contributed by atoms with Crippen molar-refractivity contribution in [1.82, 2.24) is 10.6 Å². The maximum Gasteiger partial charge on any atom is 0.275 e. The van der Waals surface area contributed by atoms with Crippen molar-refractivity contribution in [2.75, 3.05) is 6.54 Å². The molecule has 1 unspecified atom stereocenters. The molecule has 0 rings (SSSR count). The molecule has 0 saturated carbocycles. The molecule has 0 aliphatic rings. The Kier molecular flexibility index (Phi) is 13.3. The highest BCUT2D eigenvalue weighted by Crippen LogP contribution is 2.02. The second-order valence-corrected chi connectivity index (χ2v) is 4.00. The Morgan fingerprint density at radius 2 is 1.67 bits per heavy atom. The molecule has 2 N–H and O–H groups in total. The van der Waals surface area contributed by atoms with Crippen molar-refractivity contribution in [2.45, 2.75) is 53.0 Å². The van der Waals surface area contributed by atoms with E-state index >= 15 is 0 Å². The van der Waals surface area contributed by atoms with E-state index in [0.717, 1.165) is 12.8 Å². The van der Waals surface area contributed by atoms with Gasteiger partial charge in [-0.05, 0) is 26.2 Å². The van der Waals surface area contributed by atoms with Crippen molar-refractivity contribution < 1.29 is 14.4 Å². The molecule has 0 aliphatic heterocycles. The van der Waals surface area contributed by atoms with E-state index in [1.807, 2.05) is 13.8 Å². The van der Waals surface area contributed by atoms with Gasteiger partial charge in [0.1, 0.15) is 0 Å². The maximum absolute atomic E-state index is 11.2. The minimum absolute atomic E-state index is 0.0477. The van der Waals surface area contributed by atoms with Crippen LogP contribution in [0.15, 0.2) is 0 Å². The molecule has 0 saturated heterocycles. The van der Waals surface area contributed by atoms with Gasteiger partial charge >= 0.3 is 0 Å². The van der Waals surface area contributed by atoms with E-state index in [4.69, 9.17) is 0 Å². The lowest BCUT2D eigenvalue weighted by Gasteiger charge is -2.14. The largest absolute Gasteiger partial charge is 0.347 e. The lowest BCUT2D eigenvalue weighted by atomic mass is 10.1. The molecule has 0 aromatic carbocycles. The standard InChI is InChI=1S/C10H18N2O3S.C2H6/c1-7(13)9(12-8(2)14)5-3-4-6-11-10(15)16;1-2/h9H,3-6H2,1-2H3,(H,12,14)(H2,11,15,16);1-2H3. The van der Waals surface area contributed by atoms with E-state index in [1.165, 1.54) is 13.8 Å². The summed E-state index contributed by atoms with van der Waals surface area (Å²) in [7, 11) is 0. The number of Topliss-reactive ketones (excluding diaryl/α,β-unsaturated/α-hetero) is 1. The molecule has 6 heteroatoms. The van der Waals surface area contributed by atoms with Crippen molar-refractivity contribution in [1.29, 1.82) is 0 Å². The van der Waals surface area contributed by atoms with Gasteiger partial charge in [-0.3, -0.25) is 14.4 Å². The average molecular weight is 276 g/mol. The van der Waals surface area contributed by atoms with E-state index in [0.29, 0.717) is 13.0 Å². The maximum atomic E-state index is 11.2. The van der Waals surface area contributed by atoms with Crippen LogP contribution in [0.3, 0.4) is 0 Å². The third kappa shape index (κ3) is 13.0. The normalized spacial score (nSPS) is 10.7. The van der Waals surface area contributed by atoms with Crippen LogP contribution in [0.2, 0.25) is 0 Å². The molecular weight excluding hydrogens is 252 g/mol. The molecular formula is C12H24N2O3S. The summed E-state index contributed by atoms with van der Waals surface area (Å²) in [5.74, 6) is -0.253. The van der Waals surface area contributed by atoms with Crippen LogP contribution in [0.1, 0.15) is 47.0 Å². The fourth-order valence-corrected chi connectivity index (χ4v) is 1.40. The molecule has 1 atom stereocenters. The van der Waals surface area contributed by atoms with Crippen molar-refractivity contribution in [3.8, 4) is 0 Å². The molecule has 0 aromatic rings. The van der Waals surface area contributed by atoms with E-state index < -0.39 is 6.04 Å². The summed E-state index contributed by atoms with van der Waals surface area (Å²) < 4.78 is 0. The van der Waals surface area contributed by atoms with E-state index in [2.05, 4.69) is 23.3 Å². The summed E-state index contributed by atoms with van der Waals surface area (Å²) in [5, 5.41) is 4.77. The van der Waals surface area contributed by atoms with Crippen LogP contribution in [-0.2, 0) is 9.59 Å². The van der Waals surface area contributed by atoms with Crippen LogP contribution >= 0.6 is 12.6 Å². The summed E-state index contributed by atoms with van der Waals surface area (Å²) in [5.41, 5.74) is 0. The Balaban J connectivity index is 0. The summed E-state index contributed by atoms with van der Waals surface area (Å²) in [4.78, 5) is 32.4. The van der Waals surface area contributed by atoms with Gasteiger partial charge in [-0.1, -0.05) is 26.5 Å². The second kappa shape index (κ2) is 12.4. The molecule has 0 aliphatic carbocycles. The highest BCUT2D eigenvalue weighted by atomic mass is 32.1. The van der Waals surface area contributed by atoms with Crippen molar-refractivity contribution >= 4 is 29.6 Å². The number of unbranched alkanes of at least 4 members (excludes halogenated alkanes) is 1. The first-order valence-corrected chi connectivity index (χ1v) is 6.62. The van der Waals surface area contributed by atoms with Gasteiger partial charge < -0.3 is 10.6 Å². The first kappa shape index (κ1) is 19.3. The Bertz CT molecular complexity index is 270. The number of ketones is 1. The average Bonchev–Trinajstić information content (AvgIpc) is 2.28. The van der Waals surface area contributed by atoms with Gasteiger partial charge in [-0.15, -0.1) is 0 Å². The zero-order chi connectivity index (χ0) is 14.6. The molecule has 0 heterocycles. The molecule has 0 radical (unpaired) electrons. The molecule has 2 amide bonds. The number of amides is 2. The van der Waals surface area contributed by atoms with Crippen LogP contribution < -0.4 is 10.6 Å². The minimum Gasteiger partial charge on any atom is -0.347 e. The predicted molar refractivity (Wildman–Crippen MR) is 75.9 cm³/mol. The summed E-state index contributed by atoms with van der Waals surface area (Å²) in [6.45, 7) is 7.38. The van der Waals surface area contributed by atoms with Crippen LogP contribution in [-0.4, -0.2) is 29.5 Å². The van der Waals surface area contributed by atoms with Gasteiger partial charge in [0, 0.05) is 13.5 Å². The van der Waals surface area contributed by atoms with E-state index in [-0.39, 0.29) is 16.9 Å². The Morgan fingerprint density at radius 1 is 1.11 bits per heavy atom. The Hall–Kier alpha value is -1.04. The van der Waals surface area contributed by atoms with Crippen LogP contribution in [0, 0.1) is 0 Å². The predicted octanol–water partition coefficient (Wildman–Crippen LogP) is 1.92. The quantitative estimate of drug-likeness (QED) is 0.491. The second-order valence-electron chi connectivity index (χ2n) is 3.59. The number of hydrogen-bond donors (Lipinski definition) is 3. The van der Waals surface area contributed by atoms with Gasteiger partial charge in [-0.2, -0.15) is 0 Å². The number of hydrogen-bond acceptors (Lipinski definition) is 3. The molecule has 0 fully saturated rings. The zero-order valence-electron chi connectivity index (χ0n) is 11.6. The van der Waals surface area contributed by atoms with Gasteiger partial charge in [0.05, 0.1) is 6.04 Å². The minimum atomic E-state index is -0.413. The lowest BCUT2D eigenvalue weighted by Crippen LogP contribution is -2.38. The van der Waals surface area contributed by atoms with Crippen LogP contribution in [0.4, 0.5) is 4.79 Å². The monoisotopic (exact) mass is 276 g/mol. The van der Waals surface area contributed by atoms with Crippen molar-refractivity contribution in [2.24, 2.45) is 0 Å². The Morgan fingerprint density at radius 3 is 2.06 bits per heavy atom. The molecule has 106 valence electrons. The zero-order valence-corrected chi connectivity index (χ0v) is 12.5. The van der Waals surface area contributed by atoms with Crippen LogP contribution in [0.5, 0.6) is 0 Å². The van der Waals surface area contributed by atoms with E-state index in [1.54, 1.807) is 0 Å². The SMILES string of the molecule is CC.CC(=O)NC(CCCCNC(=O)S)C(C)=O. The number of nitrogens with one attached hydrogen (secondary N) is 2. The highest BCUT2D eigenvalue weighted by molar-refractivity contribution is 7.96. The van der Waals surface area contributed by atoms with Crippen LogP contribution in [0.25, 0.3) is 0 Å². The molecule has 0 spiro atoms. The van der Waals surface area contributed by atoms with Crippen molar-refractivity contribution in [3.05, 3.63) is 0 Å². The summed E-state index contributed by atoms with van der Waals surface area (Å²) >= 11 is 3.56. The van der Waals surface area contributed by atoms with Gasteiger partial charge in [0.15, 0.2) is 5.78 Å². The fraction of sp³-hybridized carbons (Fsp3) is 0.750.